The van der Waals surface area contributed by atoms with Crippen LogP contribution in [0.5, 0.6) is 0 Å². The van der Waals surface area contributed by atoms with Crippen LogP contribution in [0.1, 0.15) is 37.3 Å². The number of carbonyl (C=O) groups excluding carboxylic acids is 1. The lowest BCUT2D eigenvalue weighted by Gasteiger charge is -2.27. The number of hydrogen-bond donors (Lipinski definition) is 2. The molecule has 2 N–H and O–H groups in total. The van der Waals surface area contributed by atoms with Crippen LogP contribution in [0.3, 0.4) is 0 Å². The van der Waals surface area contributed by atoms with E-state index in [0.717, 1.165) is 24.0 Å². The van der Waals surface area contributed by atoms with Crippen LogP contribution in [-0.2, 0) is 16.0 Å². The summed E-state index contributed by atoms with van der Waals surface area (Å²) in [6.07, 6.45) is 2.50. The molecule has 1 aliphatic rings. The van der Waals surface area contributed by atoms with E-state index in [1.165, 1.54) is 0 Å². The quantitative estimate of drug-likeness (QED) is 0.886. The smallest absolute Gasteiger partial charge is 0.311 e. The highest BCUT2D eigenvalue weighted by Gasteiger charge is 2.45. The van der Waals surface area contributed by atoms with Gasteiger partial charge in [-0.25, -0.2) is 0 Å². The van der Waals surface area contributed by atoms with Crippen LogP contribution in [0.15, 0.2) is 24.3 Å². The van der Waals surface area contributed by atoms with Crippen molar-refractivity contribution in [3.8, 4) is 0 Å². The summed E-state index contributed by atoms with van der Waals surface area (Å²) in [5, 5.41) is 12.2. The molecule has 2 atom stereocenters. The van der Waals surface area contributed by atoms with Crippen LogP contribution >= 0.6 is 0 Å². The maximum Gasteiger partial charge on any atom is 0.311 e. The lowest BCUT2D eigenvalue weighted by molar-refractivity contribution is -0.149. The Labute approximate surface area is 119 Å². The van der Waals surface area contributed by atoms with E-state index >= 15 is 0 Å². The van der Waals surface area contributed by atoms with Crippen LogP contribution in [0.25, 0.3) is 0 Å². The molecule has 0 bridgehead atoms. The summed E-state index contributed by atoms with van der Waals surface area (Å²) >= 11 is 0. The summed E-state index contributed by atoms with van der Waals surface area (Å²) in [4.78, 5) is 23.4. The Bertz CT molecular complexity index is 509. The van der Waals surface area contributed by atoms with Crippen molar-refractivity contribution in [2.45, 2.75) is 45.6 Å². The van der Waals surface area contributed by atoms with Gasteiger partial charge in [-0.3, -0.25) is 9.59 Å². The minimum Gasteiger partial charge on any atom is -0.481 e. The molecule has 2 rings (SSSR count). The first-order valence-corrected chi connectivity index (χ1v) is 7.00. The highest BCUT2D eigenvalue weighted by Crippen LogP contribution is 2.38. The Morgan fingerprint density at radius 2 is 2.00 bits per heavy atom. The fourth-order valence-electron chi connectivity index (χ4n) is 2.79. The van der Waals surface area contributed by atoms with Crippen molar-refractivity contribution >= 4 is 11.9 Å². The number of rotatable bonds is 4. The molecule has 20 heavy (non-hydrogen) atoms. The molecule has 4 heteroatoms. The fourth-order valence-corrected chi connectivity index (χ4v) is 2.79. The zero-order chi connectivity index (χ0) is 14.8. The molecule has 108 valence electrons. The number of amides is 1. The molecule has 0 radical (unpaired) electrons. The summed E-state index contributed by atoms with van der Waals surface area (Å²) < 4.78 is 0. The number of carboxylic acid groups (broad SMARTS) is 1. The highest BCUT2D eigenvalue weighted by molar-refractivity contribution is 5.81. The Balaban J connectivity index is 1.98. The average molecular weight is 275 g/mol. The van der Waals surface area contributed by atoms with Gasteiger partial charge in [0.15, 0.2) is 0 Å². The Kier molecular flexibility index (Phi) is 4.12. The van der Waals surface area contributed by atoms with Crippen molar-refractivity contribution in [3.63, 3.8) is 0 Å². The predicted molar refractivity (Wildman–Crippen MR) is 76.4 cm³/mol. The van der Waals surface area contributed by atoms with Crippen molar-refractivity contribution in [1.29, 1.82) is 0 Å². The minimum absolute atomic E-state index is 0.103. The lowest BCUT2D eigenvalue weighted by Crippen LogP contribution is -2.47. The minimum atomic E-state index is -0.830. The molecule has 0 saturated heterocycles. The number of carbonyl (C=O) groups is 2. The van der Waals surface area contributed by atoms with Crippen molar-refractivity contribution in [1.82, 2.24) is 5.32 Å². The van der Waals surface area contributed by atoms with Crippen LogP contribution in [0, 0.1) is 12.3 Å². The second-order valence-corrected chi connectivity index (χ2v) is 5.90. The Morgan fingerprint density at radius 3 is 2.60 bits per heavy atom. The molecular weight excluding hydrogens is 254 g/mol. The van der Waals surface area contributed by atoms with Crippen LogP contribution < -0.4 is 5.32 Å². The zero-order valence-corrected chi connectivity index (χ0v) is 12.0. The number of carboxylic acids is 1. The van der Waals surface area contributed by atoms with Crippen molar-refractivity contribution in [3.05, 3.63) is 35.4 Å². The molecule has 0 heterocycles. The van der Waals surface area contributed by atoms with Gasteiger partial charge in [-0.2, -0.15) is 0 Å². The Hall–Kier alpha value is -1.84. The van der Waals surface area contributed by atoms with Crippen LogP contribution in [0.4, 0.5) is 0 Å². The first kappa shape index (κ1) is 14.6. The summed E-state index contributed by atoms with van der Waals surface area (Å²) in [6.45, 7) is 3.72. The van der Waals surface area contributed by atoms with Gasteiger partial charge in [-0.1, -0.05) is 36.2 Å². The Morgan fingerprint density at radius 1 is 1.35 bits per heavy atom. The van der Waals surface area contributed by atoms with Gasteiger partial charge in [0.2, 0.25) is 5.91 Å². The van der Waals surface area contributed by atoms with Crippen LogP contribution in [-0.4, -0.2) is 23.0 Å². The van der Waals surface area contributed by atoms with E-state index in [9.17, 15) is 14.7 Å². The molecule has 0 spiro atoms. The third-order valence-corrected chi connectivity index (χ3v) is 4.27. The summed E-state index contributed by atoms with van der Waals surface area (Å²) in [5.41, 5.74) is 1.27. The zero-order valence-electron chi connectivity index (χ0n) is 12.0. The molecule has 0 aromatic heterocycles. The maximum absolute atomic E-state index is 12.1. The van der Waals surface area contributed by atoms with Gasteiger partial charge in [0, 0.05) is 6.04 Å². The van der Waals surface area contributed by atoms with Crippen LogP contribution in [0.2, 0.25) is 0 Å². The van der Waals surface area contributed by atoms with E-state index in [1.54, 1.807) is 6.92 Å². The van der Waals surface area contributed by atoms with Crippen molar-refractivity contribution in [2.24, 2.45) is 5.41 Å². The normalized spacial score (nSPS) is 25.4. The molecule has 1 aliphatic carbocycles. The lowest BCUT2D eigenvalue weighted by atomic mass is 9.85. The first-order valence-electron chi connectivity index (χ1n) is 7.00. The molecule has 1 aromatic rings. The number of nitrogens with one attached hydrogen (secondary N) is 1. The molecule has 1 aromatic carbocycles. The molecule has 1 amide bonds. The molecule has 4 nitrogen and oxygen atoms in total. The second-order valence-electron chi connectivity index (χ2n) is 5.90. The van der Waals surface area contributed by atoms with Gasteiger partial charge < -0.3 is 10.4 Å². The second kappa shape index (κ2) is 5.65. The number of hydrogen-bond acceptors (Lipinski definition) is 2. The molecule has 0 aliphatic heterocycles. The van der Waals surface area contributed by atoms with E-state index in [0.29, 0.717) is 12.8 Å². The standard InChI is InChI=1S/C16H21NO3/c1-11-5-7-12(8-6-11)10-14(18)17-13-4-3-9-16(13,2)15(19)20/h5-8,13H,3-4,9-10H2,1-2H3,(H,17,18)(H,19,20). The number of aliphatic carboxylic acids is 1. The monoisotopic (exact) mass is 275 g/mol. The van der Waals surface area contributed by atoms with Gasteiger partial charge in [0.25, 0.3) is 0 Å². The number of benzene rings is 1. The van der Waals surface area contributed by atoms with E-state index in [2.05, 4.69) is 5.32 Å². The van der Waals surface area contributed by atoms with E-state index in [4.69, 9.17) is 0 Å². The van der Waals surface area contributed by atoms with Gasteiger partial charge in [-0.05, 0) is 32.3 Å². The topological polar surface area (TPSA) is 66.4 Å². The summed E-state index contributed by atoms with van der Waals surface area (Å²) in [7, 11) is 0. The van der Waals surface area contributed by atoms with Crippen molar-refractivity contribution < 1.29 is 14.7 Å². The SMILES string of the molecule is Cc1ccc(CC(=O)NC2CCCC2(C)C(=O)O)cc1. The molecule has 1 saturated carbocycles. The molecule has 1 fully saturated rings. The largest absolute Gasteiger partial charge is 0.481 e. The van der Waals surface area contributed by atoms with Crippen molar-refractivity contribution in [2.75, 3.05) is 0 Å². The first-order chi connectivity index (χ1) is 9.41. The van der Waals surface area contributed by atoms with E-state index in [1.807, 2.05) is 31.2 Å². The maximum atomic E-state index is 12.1. The fraction of sp³-hybridized carbons (Fsp3) is 0.500. The van der Waals surface area contributed by atoms with Gasteiger partial charge in [-0.15, -0.1) is 0 Å². The third-order valence-electron chi connectivity index (χ3n) is 4.27. The predicted octanol–water partition coefficient (Wildman–Crippen LogP) is 2.30. The molecular formula is C16H21NO3. The summed E-state index contributed by atoms with van der Waals surface area (Å²) in [6, 6.07) is 7.54. The van der Waals surface area contributed by atoms with E-state index in [-0.39, 0.29) is 11.9 Å². The van der Waals surface area contributed by atoms with Gasteiger partial charge in [0.05, 0.1) is 11.8 Å². The molecule has 2 unspecified atom stereocenters. The van der Waals surface area contributed by atoms with E-state index < -0.39 is 11.4 Å². The third kappa shape index (κ3) is 3.00. The van der Waals surface area contributed by atoms with Gasteiger partial charge >= 0.3 is 5.97 Å². The summed E-state index contributed by atoms with van der Waals surface area (Å²) in [5.74, 6) is -0.927. The average Bonchev–Trinajstić information content (AvgIpc) is 2.75. The highest BCUT2D eigenvalue weighted by atomic mass is 16.4. The number of aryl methyl sites for hydroxylation is 1. The van der Waals surface area contributed by atoms with Gasteiger partial charge in [0.1, 0.15) is 0 Å².